The number of hydrogen-bond donors (Lipinski definition) is 3. The summed E-state index contributed by atoms with van der Waals surface area (Å²) in [7, 11) is 0. The lowest BCUT2D eigenvalue weighted by Crippen LogP contribution is -2.28. The van der Waals surface area contributed by atoms with Gasteiger partial charge in [-0.1, -0.05) is 33.8 Å². The van der Waals surface area contributed by atoms with E-state index in [9.17, 15) is 19.1 Å². The van der Waals surface area contributed by atoms with Crippen molar-refractivity contribution in [2.24, 2.45) is 5.73 Å². The van der Waals surface area contributed by atoms with Gasteiger partial charge >= 0.3 is 6.03 Å². The normalized spacial score (nSPS) is 13.6. The first kappa shape index (κ1) is 29.6. The number of primary amides is 1. The molecule has 0 radical (unpaired) electrons. The van der Waals surface area contributed by atoms with E-state index in [1.807, 2.05) is 33.8 Å². The third kappa shape index (κ3) is 9.73. The maximum absolute atomic E-state index is 13.4. The standard InChI is InChI=1S/C12H13FO2.C12H17N3O.C2H6/c1-2-10(14)8-5-6-9(13)11(12(8)15)7-3-4-7;1-4-9(3)11(15-12(14)16)7-6-10(5-2)8-13;1-2/h5-7,15H,2-4H2,1H3;5-7H,4H2,1-3H3,(H3,14,15,16);1-2H3/b;7-6-,10-5+,11-9?;. The van der Waals surface area contributed by atoms with Gasteiger partial charge in [-0.15, -0.1) is 0 Å². The Kier molecular flexibility index (Phi) is 13.8. The van der Waals surface area contributed by atoms with Gasteiger partial charge < -0.3 is 16.2 Å². The van der Waals surface area contributed by atoms with Crippen molar-refractivity contribution in [1.82, 2.24) is 5.32 Å². The maximum Gasteiger partial charge on any atom is 0.316 e. The van der Waals surface area contributed by atoms with Crippen molar-refractivity contribution in [1.29, 1.82) is 5.26 Å². The molecule has 2 rings (SSSR count). The quantitative estimate of drug-likeness (QED) is 0.250. The number of ketones is 1. The zero-order chi connectivity index (χ0) is 25.6. The number of carbonyl (C=O) groups is 2. The number of rotatable bonds is 7. The fourth-order valence-electron chi connectivity index (χ4n) is 2.74. The minimum atomic E-state index is -0.605. The van der Waals surface area contributed by atoms with E-state index in [1.54, 1.807) is 32.1 Å². The zero-order valence-electron chi connectivity index (χ0n) is 20.5. The van der Waals surface area contributed by atoms with Gasteiger partial charge in [0.2, 0.25) is 0 Å². The highest BCUT2D eigenvalue weighted by Crippen LogP contribution is 2.46. The Morgan fingerprint density at radius 3 is 2.27 bits per heavy atom. The summed E-state index contributed by atoms with van der Waals surface area (Å²) < 4.78 is 13.4. The summed E-state index contributed by atoms with van der Waals surface area (Å²) >= 11 is 0. The number of aromatic hydroxyl groups is 1. The number of benzene rings is 1. The fraction of sp³-hybridized carbons (Fsp3) is 0.423. The Balaban J connectivity index is 0.000000577. The zero-order valence-corrected chi connectivity index (χ0v) is 20.5. The first-order valence-electron chi connectivity index (χ1n) is 11.2. The molecule has 0 bridgehead atoms. The summed E-state index contributed by atoms with van der Waals surface area (Å²) in [4.78, 5) is 22.2. The molecule has 1 fully saturated rings. The average Bonchev–Trinajstić information content (AvgIpc) is 3.64. The minimum absolute atomic E-state index is 0.106. The van der Waals surface area contributed by atoms with Crippen molar-refractivity contribution in [2.75, 3.05) is 0 Å². The van der Waals surface area contributed by atoms with Crippen molar-refractivity contribution in [3.63, 3.8) is 0 Å². The Morgan fingerprint density at radius 1 is 1.24 bits per heavy atom. The third-order valence-corrected chi connectivity index (χ3v) is 4.89. The summed E-state index contributed by atoms with van der Waals surface area (Å²) in [5, 5.41) is 21.1. The van der Waals surface area contributed by atoms with E-state index >= 15 is 0 Å². The largest absolute Gasteiger partial charge is 0.507 e. The van der Waals surface area contributed by atoms with Crippen LogP contribution in [0.15, 0.2) is 47.2 Å². The molecule has 7 heteroatoms. The number of hydrogen-bond acceptors (Lipinski definition) is 4. The Hall–Kier alpha value is -3.40. The van der Waals surface area contributed by atoms with Gasteiger partial charge in [-0.2, -0.15) is 5.26 Å². The molecule has 4 N–H and O–H groups in total. The van der Waals surface area contributed by atoms with Crippen LogP contribution in [0, 0.1) is 17.1 Å². The molecular formula is C26H36FN3O3. The molecule has 0 unspecified atom stereocenters. The van der Waals surface area contributed by atoms with Crippen LogP contribution in [0.4, 0.5) is 9.18 Å². The molecule has 1 aliphatic carbocycles. The summed E-state index contributed by atoms with van der Waals surface area (Å²) in [5.41, 5.74) is 7.82. The molecule has 2 amide bonds. The molecule has 0 saturated heterocycles. The Bertz CT molecular complexity index is 952. The number of nitrogens with zero attached hydrogens (tertiary/aromatic N) is 1. The number of nitrogens with two attached hydrogens (primary N) is 1. The number of halogens is 1. The van der Waals surface area contributed by atoms with E-state index in [1.165, 1.54) is 12.1 Å². The van der Waals surface area contributed by atoms with E-state index in [2.05, 4.69) is 5.32 Å². The molecular weight excluding hydrogens is 421 g/mol. The summed E-state index contributed by atoms with van der Waals surface area (Å²) in [6.45, 7) is 11.4. The first-order chi connectivity index (χ1) is 15.7. The van der Waals surface area contributed by atoms with Crippen LogP contribution in [0.25, 0.3) is 0 Å². The van der Waals surface area contributed by atoms with E-state index in [0.29, 0.717) is 23.3 Å². The highest BCUT2D eigenvalue weighted by molar-refractivity contribution is 5.98. The number of carbonyl (C=O) groups excluding carboxylic acids is 2. The lowest BCUT2D eigenvalue weighted by atomic mass is 10.0. The maximum atomic E-state index is 13.4. The van der Waals surface area contributed by atoms with Crippen molar-refractivity contribution in [3.8, 4) is 11.8 Å². The fourth-order valence-corrected chi connectivity index (χ4v) is 2.74. The van der Waals surface area contributed by atoms with Gasteiger partial charge in [0, 0.05) is 23.3 Å². The predicted molar refractivity (Wildman–Crippen MR) is 130 cm³/mol. The SMILES string of the molecule is C/C=C(C#N)\C=C/C(NC(N)=O)=C(C)CC.CC.CCC(=O)c1ccc(F)c(C2CC2)c1O. The van der Waals surface area contributed by atoms with Gasteiger partial charge in [0.1, 0.15) is 11.6 Å². The average molecular weight is 458 g/mol. The predicted octanol–water partition coefficient (Wildman–Crippen LogP) is 6.39. The minimum Gasteiger partial charge on any atom is -0.507 e. The number of phenols is 1. The third-order valence-electron chi connectivity index (χ3n) is 4.89. The molecule has 1 saturated carbocycles. The molecule has 0 aliphatic heterocycles. The highest BCUT2D eigenvalue weighted by Gasteiger charge is 2.31. The second kappa shape index (κ2) is 15.4. The first-order valence-corrected chi connectivity index (χ1v) is 11.2. The second-order valence-electron chi connectivity index (χ2n) is 7.13. The highest BCUT2D eigenvalue weighted by atomic mass is 19.1. The van der Waals surface area contributed by atoms with E-state index in [0.717, 1.165) is 24.8 Å². The number of urea groups is 1. The van der Waals surface area contributed by atoms with Gasteiger partial charge in [-0.25, -0.2) is 9.18 Å². The molecule has 1 aliphatic rings. The lowest BCUT2D eigenvalue weighted by molar-refractivity contribution is 0.0985. The van der Waals surface area contributed by atoms with Crippen molar-refractivity contribution in [3.05, 3.63) is 64.1 Å². The van der Waals surface area contributed by atoms with E-state index in [-0.39, 0.29) is 23.0 Å². The molecule has 0 spiro atoms. The van der Waals surface area contributed by atoms with E-state index in [4.69, 9.17) is 11.0 Å². The molecule has 33 heavy (non-hydrogen) atoms. The number of amides is 2. The lowest BCUT2D eigenvalue weighted by Gasteiger charge is -2.08. The van der Waals surface area contributed by atoms with Crippen LogP contribution in [-0.4, -0.2) is 16.9 Å². The topological polar surface area (TPSA) is 116 Å². The number of nitriles is 1. The molecule has 1 aromatic carbocycles. The van der Waals surface area contributed by atoms with Crippen LogP contribution in [0.5, 0.6) is 5.75 Å². The monoisotopic (exact) mass is 457 g/mol. The summed E-state index contributed by atoms with van der Waals surface area (Å²) in [5.74, 6) is -0.587. The Labute approximate surface area is 196 Å². The van der Waals surface area contributed by atoms with Gasteiger partial charge in [0.25, 0.3) is 0 Å². The van der Waals surface area contributed by atoms with Gasteiger partial charge in [-0.05, 0) is 68.9 Å². The van der Waals surface area contributed by atoms with Gasteiger partial charge in [0.15, 0.2) is 5.78 Å². The second-order valence-corrected chi connectivity index (χ2v) is 7.13. The molecule has 0 aromatic heterocycles. The van der Waals surface area contributed by atoms with Crippen molar-refractivity contribution >= 4 is 11.8 Å². The number of phenolic OH excluding ortho intramolecular Hbond substituents is 1. The summed E-state index contributed by atoms with van der Waals surface area (Å²) in [6.07, 6.45) is 7.94. The molecule has 1 aromatic rings. The van der Waals surface area contributed by atoms with Gasteiger partial charge in [0.05, 0.1) is 11.6 Å². The number of Topliss-reactive ketones (excluding diaryl/α,β-unsaturated/α-hetero) is 1. The van der Waals surface area contributed by atoms with Crippen molar-refractivity contribution in [2.45, 2.75) is 73.1 Å². The van der Waals surface area contributed by atoms with Crippen LogP contribution in [0.2, 0.25) is 0 Å². The van der Waals surface area contributed by atoms with Crippen molar-refractivity contribution < 1.29 is 19.1 Å². The molecule has 0 atom stereocenters. The van der Waals surface area contributed by atoms with Crippen LogP contribution >= 0.6 is 0 Å². The number of nitrogens with one attached hydrogen (secondary N) is 1. The van der Waals surface area contributed by atoms with Gasteiger partial charge in [-0.3, -0.25) is 4.79 Å². The van der Waals surface area contributed by atoms with Crippen LogP contribution in [-0.2, 0) is 0 Å². The van der Waals surface area contributed by atoms with Crippen LogP contribution in [0.3, 0.4) is 0 Å². The molecule has 180 valence electrons. The van der Waals surface area contributed by atoms with Crippen LogP contribution < -0.4 is 11.1 Å². The van der Waals surface area contributed by atoms with Crippen LogP contribution in [0.1, 0.15) is 89.1 Å². The smallest absolute Gasteiger partial charge is 0.316 e. The number of allylic oxidation sites excluding steroid dienone is 5. The Morgan fingerprint density at radius 2 is 1.85 bits per heavy atom. The molecule has 6 nitrogen and oxygen atoms in total. The summed E-state index contributed by atoms with van der Waals surface area (Å²) in [6, 6.07) is 4.06. The van der Waals surface area contributed by atoms with E-state index < -0.39 is 11.8 Å². The molecule has 0 heterocycles.